The summed E-state index contributed by atoms with van der Waals surface area (Å²) in [6.07, 6.45) is 0. The first-order valence-electron chi connectivity index (χ1n) is 13.5. The van der Waals surface area contributed by atoms with E-state index < -0.39 is 0 Å². The summed E-state index contributed by atoms with van der Waals surface area (Å²) in [6, 6.07) is 51.1. The van der Waals surface area contributed by atoms with Crippen molar-refractivity contribution in [1.82, 2.24) is 4.57 Å². The summed E-state index contributed by atoms with van der Waals surface area (Å²) >= 11 is 0. The Morgan fingerprint density at radius 1 is 0.308 bits per heavy atom. The Morgan fingerprint density at radius 3 is 1.56 bits per heavy atom. The molecule has 0 fully saturated rings. The molecule has 0 aliphatic rings. The van der Waals surface area contributed by atoms with Gasteiger partial charge >= 0.3 is 0 Å². The SMILES string of the molecule is c1ccc(-c2ccc(-c3ccc(-n4c5cccc6c7cccc8ccc9ccc4c(c9c87)c65)cc3)cc2)cc1. The fraction of sp³-hybridized carbons (Fsp3) is 0. The summed E-state index contributed by atoms with van der Waals surface area (Å²) in [6.45, 7) is 0. The van der Waals surface area contributed by atoms with Crippen LogP contribution in [0.5, 0.6) is 0 Å². The Bertz CT molecular complexity index is 2290. The van der Waals surface area contributed by atoms with Crippen molar-refractivity contribution >= 4 is 54.1 Å². The maximum Gasteiger partial charge on any atom is 0.0548 e. The molecule has 0 aliphatic carbocycles. The van der Waals surface area contributed by atoms with Crippen LogP contribution in [-0.2, 0) is 0 Å². The molecule has 0 radical (unpaired) electrons. The first-order chi connectivity index (χ1) is 19.3. The second-order valence-corrected chi connectivity index (χ2v) is 10.6. The molecule has 1 aromatic heterocycles. The Morgan fingerprint density at radius 2 is 0.846 bits per heavy atom. The third-order valence-corrected chi connectivity index (χ3v) is 8.52. The van der Waals surface area contributed by atoms with Gasteiger partial charge in [0.25, 0.3) is 0 Å². The van der Waals surface area contributed by atoms with Crippen LogP contribution in [0.15, 0.2) is 140 Å². The van der Waals surface area contributed by atoms with Crippen molar-refractivity contribution in [3.63, 3.8) is 0 Å². The summed E-state index contributed by atoms with van der Waals surface area (Å²) in [7, 11) is 0. The fourth-order valence-electron chi connectivity index (χ4n) is 6.76. The van der Waals surface area contributed by atoms with Crippen LogP contribution < -0.4 is 0 Å². The van der Waals surface area contributed by atoms with Crippen LogP contribution in [-0.4, -0.2) is 4.57 Å². The molecular weight excluding hydrogens is 470 g/mol. The van der Waals surface area contributed by atoms with E-state index in [0.717, 1.165) is 0 Å². The molecule has 0 unspecified atom stereocenters. The summed E-state index contributed by atoms with van der Waals surface area (Å²) in [5, 5.41) is 10.8. The van der Waals surface area contributed by atoms with Crippen molar-refractivity contribution in [2.75, 3.05) is 0 Å². The number of hydrogen-bond donors (Lipinski definition) is 0. The average Bonchev–Trinajstić information content (AvgIpc) is 3.36. The normalized spacial score (nSPS) is 12.1. The van der Waals surface area contributed by atoms with E-state index in [1.54, 1.807) is 0 Å². The molecule has 1 heteroatoms. The molecule has 0 amide bonds. The molecule has 0 spiro atoms. The highest BCUT2D eigenvalue weighted by Gasteiger charge is 2.21. The Hall–Kier alpha value is -5.14. The van der Waals surface area contributed by atoms with Gasteiger partial charge < -0.3 is 4.57 Å². The van der Waals surface area contributed by atoms with E-state index in [-0.39, 0.29) is 0 Å². The van der Waals surface area contributed by atoms with Crippen LogP contribution in [0, 0.1) is 0 Å². The first kappa shape index (κ1) is 20.9. The molecule has 0 bridgehead atoms. The highest BCUT2D eigenvalue weighted by atomic mass is 15.0. The maximum absolute atomic E-state index is 2.45. The zero-order valence-corrected chi connectivity index (χ0v) is 21.2. The van der Waals surface area contributed by atoms with E-state index in [1.165, 1.54) is 82.1 Å². The molecule has 9 rings (SSSR count). The monoisotopic (exact) mass is 493 g/mol. The molecule has 0 saturated heterocycles. The average molecular weight is 494 g/mol. The molecule has 1 heterocycles. The molecule has 8 aromatic carbocycles. The van der Waals surface area contributed by atoms with E-state index in [2.05, 4.69) is 144 Å². The summed E-state index contributed by atoms with van der Waals surface area (Å²) < 4.78 is 2.45. The second-order valence-electron chi connectivity index (χ2n) is 10.6. The topological polar surface area (TPSA) is 4.93 Å². The van der Waals surface area contributed by atoms with Gasteiger partial charge in [-0.1, -0.05) is 115 Å². The lowest BCUT2D eigenvalue weighted by Gasteiger charge is -2.13. The van der Waals surface area contributed by atoms with Crippen LogP contribution in [0.4, 0.5) is 0 Å². The zero-order chi connectivity index (χ0) is 25.5. The van der Waals surface area contributed by atoms with Gasteiger partial charge in [-0.2, -0.15) is 0 Å². The van der Waals surface area contributed by atoms with Gasteiger partial charge in [0.05, 0.1) is 11.0 Å². The van der Waals surface area contributed by atoms with Crippen molar-refractivity contribution in [2.45, 2.75) is 0 Å². The molecular formula is C38H23N. The smallest absolute Gasteiger partial charge is 0.0548 e. The van der Waals surface area contributed by atoms with E-state index in [1.807, 2.05) is 0 Å². The molecule has 1 nitrogen and oxygen atoms in total. The molecule has 0 N–H and O–H groups in total. The van der Waals surface area contributed by atoms with Crippen LogP contribution in [0.2, 0.25) is 0 Å². The van der Waals surface area contributed by atoms with Crippen LogP contribution in [0.25, 0.3) is 82.1 Å². The van der Waals surface area contributed by atoms with Crippen molar-refractivity contribution in [2.24, 2.45) is 0 Å². The molecule has 39 heavy (non-hydrogen) atoms. The van der Waals surface area contributed by atoms with Crippen LogP contribution in [0.3, 0.4) is 0 Å². The van der Waals surface area contributed by atoms with Crippen molar-refractivity contribution in [3.8, 4) is 27.9 Å². The second kappa shape index (κ2) is 7.69. The molecule has 180 valence electrons. The Kier molecular flexibility index (Phi) is 4.11. The Balaban J connectivity index is 1.24. The lowest BCUT2D eigenvalue weighted by atomic mass is 9.89. The van der Waals surface area contributed by atoms with Gasteiger partial charge in [-0.3, -0.25) is 0 Å². The quantitative estimate of drug-likeness (QED) is 0.170. The highest BCUT2D eigenvalue weighted by Crippen LogP contribution is 2.46. The lowest BCUT2D eigenvalue weighted by Crippen LogP contribution is -1.93. The maximum atomic E-state index is 2.45. The number of aromatic nitrogens is 1. The predicted octanol–water partition coefficient (Wildman–Crippen LogP) is 10.5. The van der Waals surface area contributed by atoms with Crippen LogP contribution in [0.1, 0.15) is 0 Å². The van der Waals surface area contributed by atoms with Crippen molar-refractivity contribution < 1.29 is 0 Å². The van der Waals surface area contributed by atoms with Gasteiger partial charge in [-0.25, -0.2) is 0 Å². The minimum Gasteiger partial charge on any atom is -0.309 e. The number of rotatable bonds is 3. The van der Waals surface area contributed by atoms with Crippen LogP contribution >= 0.6 is 0 Å². The molecule has 9 aromatic rings. The molecule has 0 aliphatic heterocycles. The van der Waals surface area contributed by atoms with Gasteiger partial charge in [0.15, 0.2) is 0 Å². The van der Waals surface area contributed by atoms with Gasteiger partial charge in [-0.15, -0.1) is 0 Å². The Labute approximate surface area is 225 Å². The minimum atomic E-state index is 1.19. The van der Waals surface area contributed by atoms with E-state index in [0.29, 0.717) is 0 Å². The van der Waals surface area contributed by atoms with Gasteiger partial charge in [-0.05, 0) is 73.5 Å². The summed E-state index contributed by atoms with van der Waals surface area (Å²) in [5.74, 6) is 0. The van der Waals surface area contributed by atoms with E-state index in [4.69, 9.17) is 0 Å². The minimum absolute atomic E-state index is 1.19. The predicted molar refractivity (Wildman–Crippen MR) is 167 cm³/mol. The zero-order valence-electron chi connectivity index (χ0n) is 21.2. The van der Waals surface area contributed by atoms with Crippen molar-refractivity contribution in [3.05, 3.63) is 140 Å². The third-order valence-electron chi connectivity index (χ3n) is 8.52. The largest absolute Gasteiger partial charge is 0.309 e. The van der Waals surface area contributed by atoms with E-state index in [9.17, 15) is 0 Å². The number of nitrogens with zero attached hydrogens (tertiary/aromatic N) is 1. The standard InChI is InChI=1S/C38H23N/c1-2-6-24(7-3-1)25-12-14-26(15-13-25)27-18-21-30(22-19-27)39-33-11-5-10-32-31-9-4-8-28-16-17-29-20-23-34(39)38(37(32)33)36(29)35(28)31/h1-23H. The number of benzene rings is 8. The molecule has 0 atom stereocenters. The number of hydrogen-bond acceptors (Lipinski definition) is 0. The van der Waals surface area contributed by atoms with Gasteiger partial charge in [0, 0.05) is 21.8 Å². The van der Waals surface area contributed by atoms with E-state index >= 15 is 0 Å². The first-order valence-corrected chi connectivity index (χ1v) is 13.5. The third kappa shape index (κ3) is 2.85. The van der Waals surface area contributed by atoms with Gasteiger partial charge in [0.1, 0.15) is 0 Å². The summed E-state index contributed by atoms with van der Waals surface area (Å²) in [4.78, 5) is 0. The number of fused-ring (bicyclic) bond motifs is 1. The fourth-order valence-corrected chi connectivity index (χ4v) is 6.76. The van der Waals surface area contributed by atoms with Gasteiger partial charge in [0.2, 0.25) is 0 Å². The molecule has 0 saturated carbocycles. The van der Waals surface area contributed by atoms with Crippen molar-refractivity contribution in [1.29, 1.82) is 0 Å². The summed E-state index contributed by atoms with van der Waals surface area (Å²) in [5.41, 5.74) is 8.67. The highest BCUT2D eigenvalue weighted by molar-refractivity contribution is 6.40. The lowest BCUT2D eigenvalue weighted by molar-refractivity contribution is 1.18.